The molecular weight excluding hydrogens is 186 g/mol. The summed E-state index contributed by atoms with van der Waals surface area (Å²) in [5, 5.41) is 0.870. The summed E-state index contributed by atoms with van der Waals surface area (Å²) >= 11 is 4.92. The van der Waals surface area contributed by atoms with Gasteiger partial charge < -0.3 is 5.73 Å². The molecule has 1 rings (SSSR count). The first-order valence-corrected chi connectivity index (χ1v) is 3.82. The summed E-state index contributed by atoms with van der Waals surface area (Å²) in [6.45, 7) is 2.02. The Morgan fingerprint density at radius 1 is 1.75 bits per heavy atom. The molecule has 0 saturated heterocycles. The van der Waals surface area contributed by atoms with E-state index in [2.05, 4.69) is 15.9 Å². The van der Waals surface area contributed by atoms with Gasteiger partial charge in [-0.2, -0.15) is 0 Å². The molecule has 1 heterocycles. The molecule has 2 N–H and O–H groups in total. The quantitative estimate of drug-likeness (QED) is 0.671. The predicted octanol–water partition coefficient (Wildman–Crippen LogP) is 2.40. The maximum Gasteiger partial charge on any atom is 0.0871 e. The minimum Gasteiger partial charge on any atom is -0.391 e. The molecule has 0 spiro atoms. The molecule has 0 fully saturated rings. The standard InChI is InChI=1S/C5H6BrNS/c1-3-2-4(7)8-5(3)6/h2H,7H2,1H3. The lowest BCUT2D eigenvalue weighted by Crippen LogP contribution is -1.73. The molecule has 0 bridgehead atoms. The van der Waals surface area contributed by atoms with Gasteiger partial charge in [0.2, 0.25) is 0 Å². The molecule has 0 amide bonds. The van der Waals surface area contributed by atoms with E-state index >= 15 is 0 Å². The van der Waals surface area contributed by atoms with Crippen molar-refractivity contribution in [2.24, 2.45) is 0 Å². The fourth-order valence-electron chi connectivity index (χ4n) is 0.484. The number of halogens is 1. The number of hydrogen-bond acceptors (Lipinski definition) is 2. The van der Waals surface area contributed by atoms with Gasteiger partial charge in [0.1, 0.15) is 0 Å². The molecule has 44 valence electrons. The van der Waals surface area contributed by atoms with Gasteiger partial charge in [-0.25, -0.2) is 0 Å². The lowest BCUT2D eigenvalue weighted by atomic mass is 10.4. The van der Waals surface area contributed by atoms with E-state index in [1.54, 1.807) is 11.3 Å². The minimum atomic E-state index is 0.870. The van der Waals surface area contributed by atoms with Gasteiger partial charge in [0.25, 0.3) is 0 Å². The van der Waals surface area contributed by atoms with Crippen molar-refractivity contribution in [3.63, 3.8) is 0 Å². The van der Waals surface area contributed by atoms with Crippen molar-refractivity contribution in [1.82, 2.24) is 0 Å². The monoisotopic (exact) mass is 191 g/mol. The summed E-state index contributed by atoms with van der Waals surface area (Å²) < 4.78 is 1.13. The number of anilines is 1. The first-order valence-electron chi connectivity index (χ1n) is 2.21. The zero-order valence-electron chi connectivity index (χ0n) is 4.44. The van der Waals surface area contributed by atoms with E-state index in [1.165, 1.54) is 5.56 Å². The highest BCUT2D eigenvalue weighted by Gasteiger charge is 1.96. The van der Waals surface area contributed by atoms with Crippen molar-refractivity contribution < 1.29 is 0 Å². The molecule has 1 nitrogen and oxygen atoms in total. The predicted molar refractivity (Wildman–Crippen MR) is 41.2 cm³/mol. The third-order valence-electron chi connectivity index (χ3n) is 0.876. The van der Waals surface area contributed by atoms with Crippen LogP contribution in [0.2, 0.25) is 0 Å². The van der Waals surface area contributed by atoms with E-state index in [4.69, 9.17) is 5.73 Å². The molecule has 0 aliphatic carbocycles. The van der Waals surface area contributed by atoms with Crippen molar-refractivity contribution in [2.75, 3.05) is 5.73 Å². The van der Waals surface area contributed by atoms with Crippen LogP contribution >= 0.6 is 27.3 Å². The summed E-state index contributed by atoms with van der Waals surface area (Å²) in [5.41, 5.74) is 6.68. The van der Waals surface area contributed by atoms with E-state index in [-0.39, 0.29) is 0 Å². The van der Waals surface area contributed by atoms with Crippen LogP contribution in [0.1, 0.15) is 5.56 Å². The number of hydrogen-bond donors (Lipinski definition) is 1. The van der Waals surface area contributed by atoms with Gasteiger partial charge >= 0.3 is 0 Å². The molecule has 1 aromatic rings. The summed E-state index contributed by atoms with van der Waals surface area (Å²) in [6.07, 6.45) is 0. The second kappa shape index (κ2) is 2.07. The molecule has 0 unspecified atom stereocenters. The topological polar surface area (TPSA) is 26.0 Å². The van der Waals surface area contributed by atoms with Gasteiger partial charge in [0.15, 0.2) is 0 Å². The fraction of sp³-hybridized carbons (Fsp3) is 0.200. The Morgan fingerprint density at radius 2 is 2.38 bits per heavy atom. The highest BCUT2D eigenvalue weighted by molar-refractivity contribution is 9.11. The van der Waals surface area contributed by atoms with Crippen LogP contribution in [-0.2, 0) is 0 Å². The van der Waals surface area contributed by atoms with Gasteiger partial charge in [-0.15, -0.1) is 11.3 Å². The summed E-state index contributed by atoms with van der Waals surface area (Å²) in [6, 6.07) is 1.95. The number of nitrogen functional groups attached to an aromatic ring is 1. The molecule has 0 aliphatic heterocycles. The Kier molecular flexibility index (Phi) is 1.58. The number of nitrogens with two attached hydrogens (primary N) is 1. The number of aryl methyl sites for hydroxylation is 1. The Labute approximate surface area is 60.6 Å². The first kappa shape index (κ1) is 6.11. The highest BCUT2D eigenvalue weighted by Crippen LogP contribution is 2.28. The van der Waals surface area contributed by atoms with Crippen molar-refractivity contribution in [3.8, 4) is 0 Å². The van der Waals surface area contributed by atoms with Crippen molar-refractivity contribution in [1.29, 1.82) is 0 Å². The lowest BCUT2D eigenvalue weighted by molar-refractivity contribution is 1.53. The van der Waals surface area contributed by atoms with Gasteiger partial charge in [-0.1, -0.05) is 0 Å². The zero-order chi connectivity index (χ0) is 6.15. The van der Waals surface area contributed by atoms with Crippen LogP contribution in [0.4, 0.5) is 5.00 Å². The average Bonchev–Trinajstić information content (AvgIpc) is 1.85. The van der Waals surface area contributed by atoms with E-state index in [1.807, 2.05) is 13.0 Å². The van der Waals surface area contributed by atoms with Crippen LogP contribution in [0.5, 0.6) is 0 Å². The first-order chi connectivity index (χ1) is 3.70. The smallest absolute Gasteiger partial charge is 0.0871 e. The summed E-state index contributed by atoms with van der Waals surface area (Å²) in [5.74, 6) is 0. The van der Waals surface area contributed by atoms with E-state index in [9.17, 15) is 0 Å². The molecule has 8 heavy (non-hydrogen) atoms. The summed E-state index contributed by atoms with van der Waals surface area (Å²) in [7, 11) is 0. The van der Waals surface area contributed by atoms with Crippen LogP contribution in [0, 0.1) is 6.92 Å². The van der Waals surface area contributed by atoms with Crippen LogP contribution in [0.3, 0.4) is 0 Å². The molecule has 0 saturated carbocycles. The second-order valence-electron chi connectivity index (χ2n) is 1.61. The largest absolute Gasteiger partial charge is 0.391 e. The Balaban J connectivity index is 3.14. The van der Waals surface area contributed by atoms with E-state index in [0.717, 1.165) is 8.79 Å². The maximum absolute atomic E-state index is 5.47. The van der Waals surface area contributed by atoms with Crippen LogP contribution in [0.15, 0.2) is 9.85 Å². The van der Waals surface area contributed by atoms with Gasteiger partial charge in [-0.3, -0.25) is 0 Å². The summed E-state index contributed by atoms with van der Waals surface area (Å²) in [4.78, 5) is 0. The highest BCUT2D eigenvalue weighted by atomic mass is 79.9. The molecule has 3 heteroatoms. The van der Waals surface area contributed by atoms with Gasteiger partial charge in [0, 0.05) is 0 Å². The van der Waals surface area contributed by atoms with Crippen LogP contribution in [-0.4, -0.2) is 0 Å². The average molecular weight is 192 g/mol. The third-order valence-corrected chi connectivity index (χ3v) is 2.84. The van der Waals surface area contributed by atoms with E-state index in [0.29, 0.717) is 0 Å². The Bertz CT molecular complexity index is 175. The van der Waals surface area contributed by atoms with Crippen LogP contribution in [0.25, 0.3) is 0 Å². The molecular formula is C5H6BrNS. The van der Waals surface area contributed by atoms with Crippen LogP contribution < -0.4 is 5.73 Å². The minimum absolute atomic E-state index is 0.870. The number of thiophene rings is 1. The molecule has 0 atom stereocenters. The third kappa shape index (κ3) is 1.03. The molecule has 0 radical (unpaired) electrons. The maximum atomic E-state index is 5.47. The van der Waals surface area contributed by atoms with Gasteiger partial charge in [-0.05, 0) is 34.5 Å². The lowest BCUT2D eigenvalue weighted by Gasteiger charge is -1.76. The molecule has 0 aliphatic rings. The second-order valence-corrected chi connectivity index (χ2v) is 4.01. The van der Waals surface area contributed by atoms with Crippen molar-refractivity contribution >= 4 is 32.3 Å². The Morgan fingerprint density at radius 3 is 2.50 bits per heavy atom. The zero-order valence-corrected chi connectivity index (χ0v) is 6.84. The fourth-order valence-corrected chi connectivity index (χ4v) is 1.82. The van der Waals surface area contributed by atoms with Crippen molar-refractivity contribution in [2.45, 2.75) is 6.92 Å². The SMILES string of the molecule is Cc1cc(N)sc1Br. The van der Waals surface area contributed by atoms with Crippen molar-refractivity contribution in [3.05, 3.63) is 15.4 Å². The number of rotatable bonds is 0. The van der Waals surface area contributed by atoms with E-state index < -0.39 is 0 Å². The Hall–Kier alpha value is -0.0200. The van der Waals surface area contributed by atoms with Gasteiger partial charge in [0.05, 0.1) is 8.79 Å². The molecule has 1 aromatic heterocycles. The normalized spacial score (nSPS) is 9.75. The molecule has 0 aromatic carbocycles.